The number of carboxylic acids is 2. The van der Waals surface area contributed by atoms with Crippen molar-refractivity contribution in [1.29, 1.82) is 0 Å². The molecule has 0 aromatic heterocycles. The van der Waals surface area contributed by atoms with Crippen molar-refractivity contribution >= 4 is 17.8 Å². The fourth-order valence-electron chi connectivity index (χ4n) is 1.82. The molecule has 0 aliphatic carbocycles. The second-order valence-corrected chi connectivity index (χ2v) is 4.97. The largest absolute Gasteiger partial charge is 0.481 e. The molecule has 110 valence electrons. The van der Waals surface area contributed by atoms with Gasteiger partial charge in [-0.1, -0.05) is 27.2 Å². The molecule has 0 spiro atoms. The first-order valence-corrected chi connectivity index (χ1v) is 6.53. The Balaban J connectivity index is 4.93. The number of hydrogen-bond donors (Lipinski definition) is 2. The van der Waals surface area contributed by atoms with Gasteiger partial charge in [-0.2, -0.15) is 0 Å². The summed E-state index contributed by atoms with van der Waals surface area (Å²) in [4.78, 5) is 35.1. The van der Waals surface area contributed by atoms with E-state index >= 15 is 0 Å². The molecule has 1 atom stereocenters. The molecule has 0 saturated carbocycles. The molecule has 0 aliphatic heterocycles. The molecule has 0 bridgehead atoms. The number of amides is 1. The van der Waals surface area contributed by atoms with Gasteiger partial charge in [-0.3, -0.25) is 9.59 Å². The highest BCUT2D eigenvalue weighted by atomic mass is 16.4. The second kappa shape index (κ2) is 8.50. The quantitative estimate of drug-likeness (QED) is 0.665. The summed E-state index contributed by atoms with van der Waals surface area (Å²) < 4.78 is 0. The Morgan fingerprint density at radius 2 is 1.74 bits per heavy atom. The van der Waals surface area contributed by atoms with E-state index in [1.165, 1.54) is 4.90 Å². The molecule has 1 amide bonds. The predicted molar refractivity (Wildman–Crippen MR) is 69.8 cm³/mol. The maximum atomic E-state index is 12.1. The van der Waals surface area contributed by atoms with Crippen LogP contribution in [0.15, 0.2) is 0 Å². The molecule has 0 aromatic carbocycles. The smallest absolute Gasteiger partial charge is 0.326 e. The van der Waals surface area contributed by atoms with E-state index in [1.807, 2.05) is 20.8 Å². The van der Waals surface area contributed by atoms with Gasteiger partial charge in [-0.15, -0.1) is 0 Å². The van der Waals surface area contributed by atoms with Gasteiger partial charge in [0.15, 0.2) is 0 Å². The SMILES string of the molecule is CCCC(C(=O)O)N(CCC(=O)O)C(=O)CC(C)C. The van der Waals surface area contributed by atoms with Gasteiger partial charge in [-0.05, 0) is 12.3 Å². The van der Waals surface area contributed by atoms with Crippen LogP contribution in [-0.4, -0.2) is 45.5 Å². The lowest BCUT2D eigenvalue weighted by molar-refractivity contribution is -0.152. The maximum Gasteiger partial charge on any atom is 0.326 e. The highest BCUT2D eigenvalue weighted by Crippen LogP contribution is 2.13. The Bertz CT molecular complexity index is 327. The van der Waals surface area contributed by atoms with Crippen molar-refractivity contribution in [2.75, 3.05) is 6.54 Å². The molecule has 0 radical (unpaired) electrons. The van der Waals surface area contributed by atoms with Gasteiger partial charge in [0.1, 0.15) is 6.04 Å². The van der Waals surface area contributed by atoms with Crippen molar-refractivity contribution in [3.63, 3.8) is 0 Å². The first kappa shape index (κ1) is 17.4. The van der Waals surface area contributed by atoms with Crippen molar-refractivity contribution in [3.05, 3.63) is 0 Å². The van der Waals surface area contributed by atoms with E-state index in [1.54, 1.807) is 0 Å². The fraction of sp³-hybridized carbons (Fsp3) is 0.769. The van der Waals surface area contributed by atoms with Gasteiger partial charge in [0.05, 0.1) is 6.42 Å². The predicted octanol–water partition coefficient (Wildman–Crippen LogP) is 1.59. The van der Waals surface area contributed by atoms with E-state index in [0.717, 1.165) is 0 Å². The van der Waals surface area contributed by atoms with Crippen molar-refractivity contribution in [2.24, 2.45) is 5.92 Å². The van der Waals surface area contributed by atoms with Crippen molar-refractivity contribution < 1.29 is 24.6 Å². The third-order valence-electron chi connectivity index (χ3n) is 2.69. The Morgan fingerprint density at radius 1 is 1.16 bits per heavy atom. The highest BCUT2D eigenvalue weighted by molar-refractivity contribution is 5.84. The van der Waals surface area contributed by atoms with E-state index in [4.69, 9.17) is 5.11 Å². The molecule has 1 unspecified atom stereocenters. The molecule has 0 fully saturated rings. The molecule has 6 nitrogen and oxygen atoms in total. The van der Waals surface area contributed by atoms with E-state index in [2.05, 4.69) is 0 Å². The molecular weight excluding hydrogens is 250 g/mol. The lowest BCUT2D eigenvalue weighted by Gasteiger charge is -2.29. The summed E-state index contributed by atoms with van der Waals surface area (Å²) in [7, 11) is 0. The van der Waals surface area contributed by atoms with E-state index in [-0.39, 0.29) is 31.2 Å². The average Bonchev–Trinajstić information content (AvgIpc) is 2.26. The topological polar surface area (TPSA) is 94.9 Å². The van der Waals surface area contributed by atoms with Crippen LogP contribution in [0, 0.1) is 5.92 Å². The van der Waals surface area contributed by atoms with Gasteiger partial charge < -0.3 is 15.1 Å². The van der Waals surface area contributed by atoms with Crippen LogP contribution in [0.1, 0.15) is 46.5 Å². The Labute approximate surface area is 113 Å². The number of aliphatic carboxylic acids is 2. The number of hydrogen-bond acceptors (Lipinski definition) is 3. The van der Waals surface area contributed by atoms with Gasteiger partial charge in [0, 0.05) is 13.0 Å². The Hall–Kier alpha value is -1.59. The van der Waals surface area contributed by atoms with Crippen LogP contribution in [0.3, 0.4) is 0 Å². The lowest BCUT2D eigenvalue weighted by atomic mass is 10.1. The van der Waals surface area contributed by atoms with Crippen LogP contribution < -0.4 is 0 Å². The van der Waals surface area contributed by atoms with E-state index < -0.39 is 18.0 Å². The first-order chi connectivity index (χ1) is 8.79. The number of nitrogens with zero attached hydrogens (tertiary/aromatic N) is 1. The van der Waals surface area contributed by atoms with E-state index in [9.17, 15) is 19.5 Å². The summed E-state index contributed by atoms with van der Waals surface area (Å²) >= 11 is 0. The molecule has 0 heterocycles. The van der Waals surface area contributed by atoms with Crippen LogP contribution in [0.2, 0.25) is 0 Å². The van der Waals surface area contributed by atoms with Crippen molar-refractivity contribution in [2.45, 2.75) is 52.5 Å². The third kappa shape index (κ3) is 6.79. The van der Waals surface area contributed by atoms with Crippen LogP contribution in [0.5, 0.6) is 0 Å². The molecule has 2 N–H and O–H groups in total. The lowest BCUT2D eigenvalue weighted by Crippen LogP contribution is -2.46. The number of carboxylic acid groups (broad SMARTS) is 2. The summed E-state index contributed by atoms with van der Waals surface area (Å²) in [5, 5.41) is 17.9. The first-order valence-electron chi connectivity index (χ1n) is 6.53. The normalized spacial score (nSPS) is 12.2. The minimum absolute atomic E-state index is 0.0577. The number of carbonyl (C=O) groups excluding carboxylic acids is 1. The van der Waals surface area contributed by atoms with Crippen LogP contribution >= 0.6 is 0 Å². The summed E-state index contributed by atoms with van der Waals surface area (Å²) in [6, 6.07) is -0.935. The third-order valence-corrected chi connectivity index (χ3v) is 2.69. The zero-order valence-corrected chi connectivity index (χ0v) is 11.8. The molecule has 0 rings (SSSR count). The monoisotopic (exact) mass is 273 g/mol. The fourth-order valence-corrected chi connectivity index (χ4v) is 1.82. The van der Waals surface area contributed by atoms with Gasteiger partial charge in [-0.25, -0.2) is 4.79 Å². The van der Waals surface area contributed by atoms with Crippen molar-refractivity contribution in [1.82, 2.24) is 4.90 Å². The van der Waals surface area contributed by atoms with Gasteiger partial charge in [0.2, 0.25) is 5.91 Å². The van der Waals surface area contributed by atoms with Gasteiger partial charge in [0.25, 0.3) is 0 Å². The van der Waals surface area contributed by atoms with Crippen LogP contribution in [0.4, 0.5) is 0 Å². The molecule has 0 aromatic rings. The minimum atomic E-state index is -1.08. The second-order valence-electron chi connectivity index (χ2n) is 4.97. The van der Waals surface area contributed by atoms with E-state index in [0.29, 0.717) is 12.8 Å². The molecule has 6 heteroatoms. The van der Waals surface area contributed by atoms with Crippen LogP contribution in [-0.2, 0) is 14.4 Å². The highest BCUT2D eigenvalue weighted by Gasteiger charge is 2.29. The molecule has 0 aliphatic rings. The van der Waals surface area contributed by atoms with Gasteiger partial charge >= 0.3 is 11.9 Å². The number of rotatable bonds is 9. The molecular formula is C13H23NO5. The summed E-state index contributed by atoms with van der Waals surface area (Å²) in [6.07, 6.45) is 0.943. The minimum Gasteiger partial charge on any atom is -0.481 e. The molecule has 0 saturated heterocycles. The zero-order valence-electron chi connectivity index (χ0n) is 11.8. The average molecular weight is 273 g/mol. The standard InChI is InChI=1S/C13H23NO5/c1-4-5-10(13(18)19)14(7-6-12(16)17)11(15)8-9(2)3/h9-10H,4-8H2,1-3H3,(H,16,17)(H,18,19). The zero-order chi connectivity index (χ0) is 15.0. The molecule has 19 heavy (non-hydrogen) atoms. The van der Waals surface area contributed by atoms with Crippen molar-refractivity contribution in [3.8, 4) is 0 Å². The summed E-state index contributed by atoms with van der Waals surface area (Å²) in [5.41, 5.74) is 0. The summed E-state index contributed by atoms with van der Waals surface area (Å²) in [6.45, 7) is 5.50. The Kier molecular flexibility index (Phi) is 7.79. The maximum absolute atomic E-state index is 12.1. The summed E-state index contributed by atoms with van der Waals surface area (Å²) in [5.74, 6) is -2.31. The van der Waals surface area contributed by atoms with Crippen LogP contribution in [0.25, 0.3) is 0 Å². The Morgan fingerprint density at radius 3 is 2.11 bits per heavy atom. The number of carbonyl (C=O) groups is 3.